The minimum Gasteiger partial charge on any atom is -1.00 e. The molecule has 40 heteroatoms. The van der Waals surface area contributed by atoms with Crippen molar-refractivity contribution >= 4 is 70.2 Å². The third-order valence-electron chi connectivity index (χ3n) is 14.5. The van der Waals surface area contributed by atoms with Crippen molar-refractivity contribution in [3.05, 3.63) is 252 Å². The van der Waals surface area contributed by atoms with E-state index in [9.17, 15) is 55.1 Å². The molecule has 112 heavy (non-hydrogen) atoms. The molecule has 0 bridgehead atoms. The number of nitrogen functional groups attached to an aromatic ring is 1. The Morgan fingerprint density at radius 1 is 0.527 bits per heavy atom. The summed E-state index contributed by atoms with van der Waals surface area (Å²) in [5, 5.41) is 32.3. The van der Waals surface area contributed by atoms with Crippen molar-refractivity contribution in [1.29, 1.82) is 0 Å². The predicted octanol–water partition coefficient (Wildman–Crippen LogP) is 3.37. The van der Waals surface area contributed by atoms with Gasteiger partial charge in [-0.25, -0.2) is 40.4 Å². The smallest absolute Gasteiger partial charge is 1.00 e. The Morgan fingerprint density at radius 3 is 1.29 bits per heavy atom. The van der Waals surface area contributed by atoms with Gasteiger partial charge < -0.3 is 45.1 Å². The molecule has 12 aromatic rings. The molecule has 0 unspecified atom stereocenters. The topological polar surface area (TPSA) is 379 Å². The molecule has 2 N–H and O–H groups in total. The SMILES string of the molecule is C.Nc1nc(-c2cccc(Cn3nc(-c4cc(F)cc(F)c4)ccc3=O)c2)no1.O=C(COCCCl)Cc1nc(-c2cccc(Cn3nc(-c4cc(F)cc(F)c4)ccc3=O)c2)no1.O=C(Cl)COCCCl.O=C1COCCN1c1nc(-c2cccc(Cn3nc(-c4cc(F)cc(F)c4)ccc3=O)c2)no1.O=CO[O-].[Cs+].[Cs+].[H-]. The first kappa shape index (κ1) is 92.7. The number of alkyl halides is 2. The number of Topliss-reactive ketones (excluding diaryl/α,β-unsaturated/α-hetero) is 1. The summed E-state index contributed by atoms with van der Waals surface area (Å²) in [5.74, 6) is -3.16. The van der Waals surface area contributed by atoms with E-state index in [2.05, 4.69) is 55.3 Å². The van der Waals surface area contributed by atoms with Crippen LogP contribution in [0, 0.1) is 34.9 Å². The fourth-order valence-corrected chi connectivity index (χ4v) is 10.1. The van der Waals surface area contributed by atoms with Gasteiger partial charge in [-0.15, -0.1) is 23.2 Å². The van der Waals surface area contributed by atoms with E-state index < -0.39 is 40.1 Å². The number of rotatable bonds is 24. The summed E-state index contributed by atoms with van der Waals surface area (Å²) >= 11 is 15.6. The molecule has 0 saturated carbocycles. The summed E-state index contributed by atoms with van der Waals surface area (Å²) in [7, 11) is 0. The number of carbonyl (C=O) groups excluding carboxylic acids is 4. The molecule has 6 aromatic carbocycles. The maximum atomic E-state index is 13.6. The molecule has 0 aliphatic carbocycles. The zero-order valence-electron chi connectivity index (χ0n) is 59.3. The van der Waals surface area contributed by atoms with E-state index in [0.29, 0.717) is 65.2 Å². The van der Waals surface area contributed by atoms with Crippen LogP contribution in [-0.2, 0) is 64.3 Å². The van der Waals surface area contributed by atoms with Gasteiger partial charge in [0.1, 0.15) is 54.7 Å². The van der Waals surface area contributed by atoms with Gasteiger partial charge in [0.05, 0.1) is 69.5 Å². The number of benzene rings is 6. The number of morpholine rings is 1. The number of anilines is 2. The van der Waals surface area contributed by atoms with Crippen LogP contribution in [-0.4, -0.2) is 141 Å². The molecule has 7 heterocycles. The number of amides is 1. The van der Waals surface area contributed by atoms with Crippen LogP contribution in [0.4, 0.5) is 38.4 Å². The summed E-state index contributed by atoms with van der Waals surface area (Å²) in [6.45, 7) is 1.32. The molecule has 1 aliphatic heterocycles. The van der Waals surface area contributed by atoms with E-state index in [0.717, 1.165) is 60.2 Å². The second-order valence-corrected chi connectivity index (χ2v) is 23.6. The number of ketones is 1. The van der Waals surface area contributed by atoms with Gasteiger partial charge in [-0.3, -0.25) is 38.5 Å². The van der Waals surface area contributed by atoms with Crippen LogP contribution < -0.4 is 170 Å². The molecule has 0 radical (unpaired) electrons. The number of nitrogens with zero attached hydrogens (tertiary/aromatic N) is 13. The summed E-state index contributed by atoms with van der Waals surface area (Å²) in [4.78, 5) is 95.9. The molecule has 0 spiro atoms. The number of halogens is 9. The normalized spacial score (nSPS) is 11.3. The van der Waals surface area contributed by atoms with E-state index in [1.165, 1.54) is 55.3 Å². The van der Waals surface area contributed by atoms with E-state index >= 15 is 0 Å². The number of aromatic nitrogens is 12. The first-order valence-electron chi connectivity index (χ1n) is 31.8. The summed E-state index contributed by atoms with van der Waals surface area (Å²) in [5.41, 5.74) is 9.84. The maximum Gasteiger partial charge on any atom is 1.00 e. The van der Waals surface area contributed by atoms with Crippen LogP contribution in [0.15, 0.2) is 192 Å². The van der Waals surface area contributed by atoms with Crippen LogP contribution >= 0.6 is 34.8 Å². The van der Waals surface area contributed by atoms with E-state index in [1.54, 1.807) is 72.8 Å². The van der Waals surface area contributed by atoms with Crippen LogP contribution in [0.3, 0.4) is 0 Å². The van der Waals surface area contributed by atoms with Gasteiger partial charge in [-0.2, -0.15) is 30.2 Å². The van der Waals surface area contributed by atoms with Crippen molar-refractivity contribution in [2.75, 3.05) is 68.6 Å². The second-order valence-electron chi connectivity index (χ2n) is 22.4. The molecule has 1 fully saturated rings. The Balaban J connectivity index is 0.000000278. The Kier molecular flexibility index (Phi) is 38.8. The van der Waals surface area contributed by atoms with Crippen LogP contribution in [0.2, 0.25) is 0 Å². The minimum absolute atomic E-state index is 0. The first-order chi connectivity index (χ1) is 52.5. The quantitative estimate of drug-likeness (QED) is 0.0172. The van der Waals surface area contributed by atoms with Crippen molar-refractivity contribution in [3.8, 4) is 67.9 Å². The number of hydrogen-bond acceptors (Lipinski definition) is 25. The Morgan fingerprint density at radius 2 is 0.911 bits per heavy atom. The monoisotopic (exact) mass is 1850 g/mol. The average Bonchev–Trinajstić information content (AvgIpc) is 1.25. The van der Waals surface area contributed by atoms with E-state index in [4.69, 9.17) is 73.6 Å². The standard InChI is InChI=1S/C24H19ClF2N4O4.C23H17F2N5O4.C19H13F2N5O2.C4H6Cl2O2.CH2O3.CH4.2Cs.H/c25-6-7-34-14-20(32)12-22-28-24(30-35-22)16-3-1-2-15(8-16)13-31-23(33)5-4-21(29-31)17-9-18(26)11-19(27)10-17;24-17-9-16(10-18(25)11-17)19-4-5-20(31)30(27-19)12-14-2-1-3-15(8-14)22-26-23(34-28-22)29-6-7-33-13-21(29)32;20-14-7-13(8-15(21)9-14)16-4-5-17(27)26(24-16)10-11-2-1-3-12(6-11)18-23-19(22)28-25-18;5-1-2-8-3-4(6)7;2-1-4-3;;;;/h1-5,8-11H,6-7,12-14H2;1-5,8-11H,6-7,12-13H2;1-9H,10H2,(H2,22,23,25);1-3H2;1,3H;1H4;;;/q;;;;;;2*+1;-1/p-1. The average molecular weight is 1850 g/mol. The van der Waals surface area contributed by atoms with E-state index in [-0.39, 0.29) is 297 Å². The molecule has 29 nitrogen and oxygen atoms in total. The summed E-state index contributed by atoms with van der Waals surface area (Å²) < 4.78 is 115. The molecule has 1 amide bonds. The van der Waals surface area contributed by atoms with Crippen LogP contribution in [0.1, 0.15) is 31.4 Å². The number of nitrogens with two attached hydrogens (primary N) is 1. The fourth-order valence-electron chi connectivity index (χ4n) is 9.82. The third kappa shape index (κ3) is 28.7. The maximum absolute atomic E-state index is 13.6. The van der Waals surface area contributed by atoms with Gasteiger partial charge in [0.15, 0.2) is 5.78 Å². The van der Waals surface area contributed by atoms with Gasteiger partial charge in [0.25, 0.3) is 29.1 Å². The van der Waals surface area contributed by atoms with Gasteiger partial charge in [-0.05, 0) is 101 Å². The largest absolute Gasteiger partial charge is 1.00 e. The van der Waals surface area contributed by atoms with Gasteiger partial charge in [0.2, 0.25) is 28.6 Å². The molecule has 1 saturated heterocycles. The Hall–Kier alpha value is -8.15. The fraction of sp³-hybridized carbons (Fsp3) is 0.194. The number of carbonyl (C=O) groups is 4. The van der Waals surface area contributed by atoms with Crippen molar-refractivity contribution in [3.63, 3.8) is 0 Å². The van der Waals surface area contributed by atoms with Crippen molar-refractivity contribution in [2.45, 2.75) is 33.5 Å². The van der Waals surface area contributed by atoms with Crippen molar-refractivity contribution in [2.24, 2.45) is 0 Å². The number of hydrogen-bond donors (Lipinski definition) is 1. The van der Waals surface area contributed by atoms with Gasteiger partial charge >= 0.3 is 150 Å². The van der Waals surface area contributed by atoms with Gasteiger partial charge in [-0.1, -0.05) is 77.5 Å². The van der Waals surface area contributed by atoms with E-state index in [1.807, 2.05) is 0 Å². The molecule has 6 aromatic heterocycles. The molecular weight excluding hydrogens is 1790 g/mol. The van der Waals surface area contributed by atoms with Gasteiger partial charge in [0, 0.05) is 81.5 Å². The molecule has 574 valence electrons. The number of ether oxygens (including phenoxy) is 3. The third-order valence-corrected chi connectivity index (χ3v) is 14.9. The molecular formula is C72H61Cl3Cs2F6N14O15. The Bertz CT molecular complexity index is 5300. The zero-order chi connectivity index (χ0) is 77.9. The molecule has 0 atom stereocenters. The summed E-state index contributed by atoms with van der Waals surface area (Å²) in [6.07, 6.45) is -0.0677. The van der Waals surface area contributed by atoms with Crippen LogP contribution in [0.25, 0.3) is 67.9 Å². The minimum atomic E-state index is -0.740. The molecule has 1 aliphatic rings. The van der Waals surface area contributed by atoms with Crippen molar-refractivity contribution < 1.29 is 223 Å². The van der Waals surface area contributed by atoms with Crippen LogP contribution in [0.5, 0.6) is 0 Å². The Labute approximate surface area is 764 Å². The predicted molar refractivity (Wildman–Crippen MR) is 383 cm³/mol. The first-order valence-corrected chi connectivity index (χ1v) is 33.2. The zero-order valence-corrected chi connectivity index (χ0v) is 73.1. The second kappa shape index (κ2) is 46.9. The summed E-state index contributed by atoms with van der Waals surface area (Å²) in [6, 6.07) is 38.6. The van der Waals surface area contributed by atoms with Crippen molar-refractivity contribution in [1.82, 2.24) is 59.8 Å². The molecule has 13 rings (SSSR count).